The smallest absolute Gasteiger partial charge is 0.331 e. The van der Waals surface area contributed by atoms with Crippen molar-refractivity contribution in [2.24, 2.45) is 17.3 Å². The molecule has 0 saturated heterocycles. The van der Waals surface area contributed by atoms with Crippen LogP contribution in [0.25, 0.3) is 0 Å². The summed E-state index contributed by atoms with van der Waals surface area (Å²) in [6.07, 6.45) is 1.60. The lowest BCUT2D eigenvalue weighted by Crippen LogP contribution is -2.58. The van der Waals surface area contributed by atoms with Crippen LogP contribution in [0.15, 0.2) is 42.0 Å². The van der Waals surface area contributed by atoms with E-state index < -0.39 is 28.9 Å². The third-order valence-corrected chi connectivity index (χ3v) is 6.63. The highest BCUT2D eigenvalue weighted by atomic mass is 16.4. The number of carboxylic acid groups (broad SMARTS) is 1. The Morgan fingerprint density at radius 1 is 1.00 bits per heavy atom. The van der Waals surface area contributed by atoms with Gasteiger partial charge in [-0.05, 0) is 23.8 Å². The average molecular weight is 459 g/mol. The van der Waals surface area contributed by atoms with Crippen LogP contribution in [0.4, 0.5) is 0 Å². The Balaban J connectivity index is 3.22. The molecule has 0 spiro atoms. The summed E-state index contributed by atoms with van der Waals surface area (Å²) >= 11 is 0. The van der Waals surface area contributed by atoms with Crippen molar-refractivity contribution in [3.05, 3.63) is 47.5 Å². The van der Waals surface area contributed by atoms with E-state index in [-0.39, 0.29) is 29.2 Å². The molecule has 0 unspecified atom stereocenters. The van der Waals surface area contributed by atoms with Gasteiger partial charge in [-0.2, -0.15) is 0 Å². The van der Waals surface area contributed by atoms with Crippen LogP contribution in [0.5, 0.6) is 0 Å². The number of likely N-dealkylation sites (N-methyl/N-ethyl adjacent to an activating group) is 1. The van der Waals surface area contributed by atoms with Gasteiger partial charge >= 0.3 is 5.97 Å². The molecule has 0 aliphatic heterocycles. The van der Waals surface area contributed by atoms with Crippen molar-refractivity contribution in [1.29, 1.82) is 0 Å². The molecule has 1 aromatic rings. The summed E-state index contributed by atoms with van der Waals surface area (Å²) in [5, 5.41) is 12.3. The SMILES string of the molecule is C/C(=C\[C@H](C(C)C)N(C)C(=O)[C@@H](NC(=O)[C@@H](C)C(C)(C)c1ccccc1)C(C)(C)C)C(=O)O. The van der Waals surface area contributed by atoms with Crippen LogP contribution in [-0.4, -0.2) is 46.9 Å². The molecule has 1 aromatic carbocycles. The highest BCUT2D eigenvalue weighted by molar-refractivity contribution is 5.90. The number of carbonyl (C=O) groups is 3. The number of amides is 2. The molecule has 0 bridgehead atoms. The van der Waals surface area contributed by atoms with Crippen molar-refractivity contribution in [2.45, 2.75) is 79.8 Å². The molecule has 0 aromatic heterocycles. The van der Waals surface area contributed by atoms with Crippen molar-refractivity contribution in [1.82, 2.24) is 10.2 Å². The number of nitrogens with one attached hydrogen (secondary N) is 1. The van der Waals surface area contributed by atoms with E-state index in [4.69, 9.17) is 0 Å². The van der Waals surface area contributed by atoms with E-state index in [9.17, 15) is 19.5 Å². The Kier molecular flexibility index (Phi) is 9.46. The molecule has 2 amide bonds. The van der Waals surface area contributed by atoms with Crippen LogP contribution in [0.3, 0.4) is 0 Å². The van der Waals surface area contributed by atoms with Gasteiger partial charge in [-0.25, -0.2) is 4.79 Å². The summed E-state index contributed by atoms with van der Waals surface area (Å²) in [4.78, 5) is 39.8. The van der Waals surface area contributed by atoms with Gasteiger partial charge in [-0.3, -0.25) is 9.59 Å². The minimum absolute atomic E-state index is 0.000470. The molecule has 0 aliphatic carbocycles. The summed E-state index contributed by atoms with van der Waals surface area (Å²) in [5.74, 6) is -1.82. The molecule has 184 valence electrons. The predicted molar refractivity (Wildman–Crippen MR) is 133 cm³/mol. The van der Waals surface area contributed by atoms with Crippen LogP contribution in [-0.2, 0) is 19.8 Å². The number of benzene rings is 1. The lowest BCUT2D eigenvalue weighted by atomic mass is 9.73. The molecule has 0 heterocycles. The van der Waals surface area contributed by atoms with Crippen LogP contribution < -0.4 is 5.32 Å². The number of rotatable bonds is 9. The van der Waals surface area contributed by atoms with Gasteiger partial charge in [-0.15, -0.1) is 0 Å². The second-order valence-corrected chi connectivity index (χ2v) is 11.0. The number of hydrogen-bond acceptors (Lipinski definition) is 3. The van der Waals surface area contributed by atoms with E-state index in [1.54, 1.807) is 18.0 Å². The van der Waals surface area contributed by atoms with Gasteiger partial charge in [0.1, 0.15) is 6.04 Å². The number of carbonyl (C=O) groups excluding carboxylic acids is 2. The molecule has 6 nitrogen and oxygen atoms in total. The molecule has 0 saturated carbocycles. The summed E-state index contributed by atoms with van der Waals surface area (Å²) in [6, 6.07) is 8.70. The maximum Gasteiger partial charge on any atom is 0.331 e. The Labute approximate surface area is 199 Å². The van der Waals surface area contributed by atoms with Crippen molar-refractivity contribution in [3.8, 4) is 0 Å². The first kappa shape index (κ1) is 28.4. The van der Waals surface area contributed by atoms with E-state index in [1.165, 1.54) is 6.92 Å². The molecular formula is C27H42N2O4. The van der Waals surface area contributed by atoms with E-state index in [2.05, 4.69) is 5.32 Å². The first-order chi connectivity index (χ1) is 15.0. The van der Waals surface area contributed by atoms with Gasteiger partial charge in [0.05, 0.1) is 6.04 Å². The van der Waals surface area contributed by atoms with Crippen molar-refractivity contribution in [2.75, 3.05) is 7.05 Å². The topological polar surface area (TPSA) is 86.7 Å². The number of nitrogens with zero attached hydrogens (tertiary/aromatic N) is 1. The lowest BCUT2D eigenvalue weighted by molar-refractivity contribution is -0.141. The standard InChI is InChI=1S/C27H42N2O4/c1-17(2)21(16-18(3)25(32)33)29(10)24(31)22(26(5,6)7)28-23(30)19(4)27(8,9)20-14-12-11-13-15-20/h11-17,19,21-22H,1-10H3,(H,28,30)(H,32,33)/b18-16+/t19-,21-,22-/m1/s1. The molecule has 0 radical (unpaired) electrons. The maximum absolute atomic E-state index is 13.6. The Bertz CT molecular complexity index is 866. The molecule has 3 atom stereocenters. The minimum atomic E-state index is -1.01. The molecule has 0 fully saturated rings. The molecule has 1 rings (SSSR count). The fourth-order valence-corrected chi connectivity index (χ4v) is 3.79. The normalized spacial score (nSPS) is 15.5. The number of aliphatic carboxylic acids is 1. The van der Waals surface area contributed by atoms with Crippen molar-refractivity contribution < 1.29 is 19.5 Å². The van der Waals surface area contributed by atoms with E-state index in [0.29, 0.717) is 0 Å². The summed E-state index contributed by atoms with van der Waals surface area (Å²) < 4.78 is 0. The third-order valence-electron chi connectivity index (χ3n) is 6.63. The van der Waals surface area contributed by atoms with Crippen LogP contribution >= 0.6 is 0 Å². The van der Waals surface area contributed by atoms with Gasteiger partial charge in [0.15, 0.2) is 0 Å². The second-order valence-electron chi connectivity index (χ2n) is 11.0. The first-order valence-electron chi connectivity index (χ1n) is 11.6. The Morgan fingerprint density at radius 2 is 1.52 bits per heavy atom. The van der Waals surface area contributed by atoms with Gasteiger partial charge in [0, 0.05) is 24.0 Å². The van der Waals surface area contributed by atoms with Gasteiger partial charge in [0.25, 0.3) is 0 Å². The number of hydrogen-bond donors (Lipinski definition) is 2. The fourth-order valence-electron chi connectivity index (χ4n) is 3.79. The predicted octanol–water partition coefficient (Wildman–Crippen LogP) is 4.65. The summed E-state index contributed by atoms with van der Waals surface area (Å²) in [7, 11) is 1.67. The molecular weight excluding hydrogens is 416 g/mol. The number of carboxylic acids is 1. The zero-order valence-electron chi connectivity index (χ0n) is 21.9. The van der Waals surface area contributed by atoms with Gasteiger partial charge in [-0.1, -0.05) is 91.8 Å². The van der Waals surface area contributed by atoms with Crippen LogP contribution in [0.2, 0.25) is 0 Å². The van der Waals surface area contributed by atoms with E-state index >= 15 is 0 Å². The van der Waals surface area contributed by atoms with E-state index in [1.807, 2.05) is 85.7 Å². The second kappa shape index (κ2) is 11.0. The first-order valence-corrected chi connectivity index (χ1v) is 11.6. The van der Waals surface area contributed by atoms with Crippen molar-refractivity contribution >= 4 is 17.8 Å². The monoisotopic (exact) mass is 458 g/mol. The van der Waals surface area contributed by atoms with E-state index in [0.717, 1.165) is 5.56 Å². The highest BCUT2D eigenvalue weighted by Gasteiger charge is 2.40. The van der Waals surface area contributed by atoms with Gasteiger partial charge in [0.2, 0.25) is 11.8 Å². The van der Waals surface area contributed by atoms with Crippen molar-refractivity contribution in [3.63, 3.8) is 0 Å². The molecule has 0 aliphatic rings. The summed E-state index contributed by atoms with van der Waals surface area (Å²) in [6.45, 7) is 17.1. The molecule has 6 heteroatoms. The maximum atomic E-state index is 13.6. The lowest BCUT2D eigenvalue weighted by Gasteiger charge is -2.39. The minimum Gasteiger partial charge on any atom is -0.478 e. The Hall–Kier alpha value is -2.63. The average Bonchev–Trinajstić information content (AvgIpc) is 2.73. The zero-order chi connectivity index (χ0) is 25.7. The molecule has 33 heavy (non-hydrogen) atoms. The Morgan fingerprint density at radius 3 is 1.94 bits per heavy atom. The summed E-state index contributed by atoms with van der Waals surface area (Å²) in [5.41, 5.74) is 0.273. The fraction of sp³-hybridized carbons (Fsp3) is 0.593. The van der Waals surface area contributed by atoms with Gasteiger partial charge < -0.3 is 15.3 Å². The highest BCUT2D eigenvalue weighted by Crippen LogP contribution is 2.32. The zero-order valence-corrected chi connectivity index (χ0v) is 21.9. The van der Waals surface area contributed by atoms with Crippen LogP contribution in [0.1, 0.15) is 67.9 Å². The quantitative estimate of drug-likeness (QED) is 0.528. The third kappa shape index (κ3) is 7.18. The van der Waals surface area contributed by atoms with Crippen LogP contribution in [0, 0.1) is 17.3 Å². The molecule has 2 N–H and O–H groups in total. The largest absolute Gasteiger partial charge is 0.478 e.